The van der Waals surface area contributed by atoms with E-state index in [0.717, 1.165) is 5.56 Å². The maximum absolute atomic E-state index is 10.8. The number of nitrogens with one attached hydrogen (secondary N) is 2. The van der Waals surface area contributed by atoms with Crippen molar-refractivity contribution in [3.8, 4) is 0 Å². The number of amides is 1. The Hall–Kier alpha value is -2.04. The maximum atomic E-state index is 10.8. The lowest BCUT2D eigenvalue weighted by molar-refractivity contribution is 0.170. The van der Waals surface area contributed by atoms with Gasteiger partial charge < -0.3 is 15.8 Å². The highest BCUT2D eigenvalue weighted by Crippen LogP contribution is 2.03. The number of ether oxygens (including phenoxy) is 1. The number of nitrogen functional groups attached to an aromatic ring is 1. The van der Waals surface area contributed by atoms with E-state index >= 15 is 0 Å². The van der Waals surface area contributed by atoms with E-state index in [9.17, 15) is 4.79 Å². The minimum atomic E-state index is -0.467. The van der Waals surface area contributed by atoms with Crippen molar-refractivity contribution in [3.63, 3.8) is 0 Å². The van der Waals surface area contributed by atoms with Crippen LogP contribution < -0.4 is 11.1 Å². The molecule has 1 amide bonds. The van der Waals surface area contributed by atoms with Crippen LogP contribution in [0, 0.1) is 5.41 Å². The molecule has 0 bridgehead atoms. The van der Waals surface area contributed by atoms with E-state index in [1.807, 2.05) is 0 Å². The Bertz CT molecular complexity index is 359. The number of hydrogen-bond acceptors (Lipinski definition) is 3. The molecule has 0 aliphatic heterocycles. The molecule has 0 unspecified atom stereocenters. The van der Waals surface area contributed by atoms with Crippen molar-refractivity contribution in [1.82, 2.24) is 5.32 Å². The van der Waals surface area contributed by atoms with Crippen LogP contribution in [-0.4, -0.2) is 19.0 Å². The SMILES string of the molecule is COC(=O)NCc1ccc(C(=N)N)cc1. The number of methoxy groups -OCH3 is 1. The van der Waals surface area contributed by atoms with Gasteiger partial charge in [-0.25, -0.2) is 4.79 Å². The van der Waals surface area contributed by atoms with Crippen molar-refractivity contribution < 1.29 is 9.53 Å². The zero-order chi connectivity index (χ0) is 11.3. The topological polar surface area (TPSA) is 88.2 Å². The van der Waals surface area contributed by atoms with Gasteiger partial charge in [-0.2, -0.15) is 0 Å². The fourth-order valence-electron chi connectivity index (χ4n) is 1.05. The van der Waals surface area contributed by atoms with Gasteiger partial charge in [-0.1, -0.05) is 24.3 Å². The molecule has 5 nitrogen and oxygen atoms in total. The molecule has 0 aliphatic rings. The molecule has 0 radical (unpaired) electrons. The number of alkyl carbamates (subject to hydrolysis) is 1. The Balaban J connectivity index is 2.57. The third-order valence-corrected chi connectivity index (χ3v) is 1.89. The Morgan fingerprint density at radius 2 is 2.07 bits per heavy atom. The summed E-state index contributed by atoms with van der Waals surface area (Å²) in [6.45, 7) is 0.394. The summed E-state index contributed by atoms with van der Waals surface area (Å²) < 4.78 is 4.43. The summed E-state index contributed by atoms with van der Waals surface area (Å²) in [6.07, 6.45) is -0.467. The summed E-state index contributed by atoms with van der Waals surface area (Å²) in [6, 6.07) is 7.06. The van der Waals surface area contributed by atoms with Gasteiger partial charge in [-0.05, 0) is 5.56 Å². The van der Waals surface area contributed by atoms with Crippen LogP contribution in [0.15, 0.2) is 24.3 Å². The van der Waals surface area contributed by atoms with Crippen LogP contribution in [0.1, 0.15) is 11.1 Å². The van der Waals surface area contributed by atoms with Crippen LogP contribution in [0.3, 0.4) is 0 Å². The Morgan fingerprint density at radius 1 is 1.47 bits per heavy atom. The van der Waals surface area contributed by atoms with Gasteiger partial charge in [0.05, 0.1) is 7.11 Å². The molecule has 0 atom stereocenters. The van der Waals surface area contributed by atoms with Gasteiger partial charge in [0.15, 0.2) is 0 Å². The zero-order valence-corrected chi connectivity index (χ0v) is 8.41. The summed E-state index contributed by atoms with van der Waals surface area (Å²) in [5.41, 5.74) is 6.89. The minimum absolute atomic E-state index is 0.0301. The molecular formula is C10H13N3O2. The minimum Gasteiger partial charge on any atom is -0.453 e. The van der Waals surface area contributed by atoms with Crippen molar-refractivity contribution in [1.29, 1.82) is 5.41 Å². The summed E-state index contributed by atoms with van der Waals surface area (Å²) in [7, 11) is 1.31. The van der Waals surface area contributed by atoms with E-state index in [4.69, 9.17) is 11.1 Å². The highest BCUT2D eigenvalue weighted by molar-refractivity contribution is 5.94. The molecule has 0 fully saturated rings. The van der Waals surface area contributed by atoms with Crippen LogP contribution >= 0.6 is 0 Å². The molecule has 0 aromatic heterocycles. The van der Waals surface area contributed by atoms with Crippen LogP contribution in [0.25, 0.3) is 0 Å². The van der Waals surface area contributed by atoms with Gasteiger partial charge in [0.2, 0.25) is 0 Å². The van der Waals surface area contributed by atoms with E-state index in [1.54, 1.807) is 24.3 Å². The quantitative estimate of drug-likeness (QED) is 0.506. The van der Waals surface area contributed by atoms with Gasteiger partial charge in [0.25, 0.3) is 0 Å². The molecule has 1 rings (SSSR count). The van der Waals surface area contributed by atoms with Gasteiger partial charge >= 0.3 is 6.09 Å². The first-order valence-electron chi connectivity index (χ1n) is 4.38. The molecule has 1 aromatic carbocycles. The molecular weight excluding hydrogens is 194 g/mol. The number of carbonyl (C=O) groups is 1. The van der Waals surface area contributed by atoms with Crippen molar-refractivity contribution in [2.24, 2.45) is 5.73 Å². The summed E-state index contributed by atoms with van der Waals surface area (Å²) in [5.74, 6) is 0.0301. The Kier molecular flexibility index (Phi) is 3.68. The lowest BCUT2D eigenvalue weighted by atomic mass is 10.1. The van der Waals surface area contributed by atoms with Gasteiger partial charge in [-0.3, -0.25) is 5.41 Å². The van der Waals surface area contributed by atoms with Crippen molar-refractivity contribution in [2.45, 2.75) is 6.54 Å². The summed E-state index contributed by atoms with van der Waals surface area (Å²) >= 11 is 0. The van der Waals surface area contributed by atoms with E-state index < -0.39 is 6.09 Å². The normalized spacial score (nSPS) is 9.40. The van der Waals surface area contributed by atoms with Crippen LogP contribution in [0.4, 0.5) is 4.79 Å². The standard InChI is InChI=1S/C10H13N3O2/c1-15-10(14)13-6-7-2-4-8(5-3-7)9(11)12/h2-5H,6H2,1H3,(H3,11,12)(H,13,14). The highest BCUT2D eigenvalue weighted by atomic mass is 16.5. The van der Waals surface area contributed by atoms with E-state index in [1.165, 1.54) is 7.11 Å². The van der Waals surface area contributed by atoms with Gasteiger partial charge in [0, 0.05) is 12.1 Å². The maximum Gasteiger partial charge on any atom is 0.407 e. The van der Waals surface area contributed by atoms with Gasteiger partial charge in [0.1, 0.15) is 5.84 Å². The van der Waals surface area contributed by atoms with Gasteiger partial charge in [-0.15, -0.1) is 0 Å². The van der Waals surface area contributed by atoms with Crippen molar-refractivity contribution in [2.75, 3.05) is 7.11 Å². The second kappa shape index (κ2) is 4.99. The van der Waals surface area contributed by atoms with E-state index in [2.05, 4.69) is 10.1 Å². The number of rotatable bonds is 3. The third kappa shape index (κ3) is 3.30. The molecule has 0 saturated heterocycles. The van der Waals surface area contributed by atoms with Crippen molar-refractivity contribution >= 4 is 11.9 Å². The molecule has 0 aliphatic carbocycles. The molecule has 1 aromatic rings. The van der Waals surface area contributed by atoms with Crippen LogP contribution in [0.5, 0.6) is 0 Å². The third-order valence-electron chi connectivity index (χ3n) is 1.89. The van der Waals surface area contributed by atoms with E-state index in [0.29, 0.717) is 12.1 Å². The number of amidine groups is 1. The lowest BCUT2D eigenvalue weighted by Gasteiger charge is -2.04. The van der Waals surface area contributed by atoms with Crippen LogP contribution in [0.2, 0.25) is 0 Å². The molecule has 0 spiro atoms. The van der Waals surface area contributed by atoms with Crippen LogP contribution in [-0.2, 0) is 11.3 Å². The Morgan fingerprint density at radius 3 is 2.53 bits per heavy atom. The predicted octanol–water partition coefficient (Wildman–Crippen LogP) is 0.827. The molecule has 4 N–H and O–H groups in total. The number of carbonyl (C=O) groups excluding carboxylic acids is 1. The van der Waals surface area contributed by atoms with Crippen molar-refractivity contribution in [3.05, 3.63) is 35.4 Å². The number of benzene rings is 1. The highest BCUT2D eigenvalue weighted by Gasteiger charge is 1.99. The second-order valence-electron chi connectivity index (χ2n) is 2.96. The smallest absolute Gasteiger partial charge is 0.407 e. The average Bonchev–Trinajstić information content (AvgIpc) is 2.26. The molecule has 0 saturated carbocycles. The first-order chi connectivity index (χ1) is 7.13. The summed E-state index contributed by atoms with van der Waals surface area (Å²) in [5, 5.41) is 9.75. The first kappa shape index (κ1) is 11.0. The van der Waals surface area contributed by atoms with E-state index in [-0.39, 0.29) is 5.84 Å². The average molecular weight is 207 g/mol. The number of nitrogens with two attached hydrogens (primary N) is 1. The fourth-order valence-corrected chi connectivity index (χ4v) is 1.05. The second-order valence-corrected chi connectivity index (χ2v) is 2.96. The first-order valence-corrected chi connectivity index (χ1v) is 4.38. The number of hydrogen-bond donors (Lipinski definition) is 3. The molecule has 0 heterocycles. The summed E-state index contributed by atoms with van der Waals surface area (Å²) in [4.78, 5) is 10.8. The molecule has 5 heteroatoms. The molecule has 80 valence electrons. The molecule has 15 heavy (non-hydrogen) atoms. The fraction of sp³-hybridized carbons (Fsp3) is 0.200. The predicted molar refractivity (Wildman–Crippen MR) is 56.7 cm³/mol. The zero-order valence-electron chi connectivity index (χ0n) is 8.41. The monoisotopic (exact) mass is 207 g/mol. The largest absolute Gasteiger partial charge is 0.453 e. The Labute approximate surface area is 87.7 Å². The lowest BCUT2D eigenvalue weighted by Crippen LogP contribution is -2.22.